The molecule has 2 rings (SSSR count). The predicted molar refractivity (Wildman–Crippen MR) is 57.1 cm³/mol. The number of aliphatic hydroxyl groups is 1. The predicted octanol–water partition coefficient (Wildman–Crippen LogP) is 2.11. The fourth-order valence-corrected chi connectivity index (χ4v) is 1.87. The Morgan fingerprint density at radius 3 is 2.36 bits per heavy atom. The minimum Gasteiger partial charge on any atom is -0.388 e. The van der Waals surface area contributed by atoms with Crippen LogP contribution in [0.4, 0.5) is 0 Å². The van der Waals surface area contributed by atoms with E-state index in [1.165, 1.54) is 0 Å². The van der Waals surface area contributed by atoms with Gasteiger partial charge in [0.15, 0.2) is 0 Å². The molecule has 2 nitrogen and oxygen atoms in total. The standard InChI is InChI=1S/C11H14ClNO/c12-9-3-1-8(2-4-9)10(14)11(7-13)5-6-11/h1-4,10,14H,5-7,13H2/t10-/m1/s1. The summed E-state index contributed by atoms with van der Waals surface area (Å²) in [6.07, 6.45) is 1.60. The van der Waals surface area contributed by atoms with Crippen LogP contribution in [0.5, 0.6) is 0 Å². The molecule has 1 aromatic carbocycles. The largest absolute Gasteiger partial charge is 0.388 e. The summed E-state index contributed by atoms with van der Waals surface area (Å²) in [6, 6.07) is 7.32. The summed E-state index contributed by atoms with van der Waals surface area (Å²) in [5.41, 5.74) is 6.50. The smallest absolute Gasteiger partial charge is 0.0858 e. The van der Waals surface area contributed by atoms with Crippen LogP contribution >= 0.6 is 11.6 Å². The number of halogens is 1. The van der Waals surface area contributed by atoms with E-state index >= 15 is 0 Å². The fourth-order valence-electron chi connectivity index (χ4n) is 1.75. The molecule has 1 aliphatic rings. The lowest BCUT2D eigenvalue weighted by Gasteiger charge is -2.20. The third-order valence-corrected chi connectivity index (χ3v) is 3.32. The van der Waals surface area contributed by atoms with Crippen LogP contribution in [0.2, 0.25) is 5.02 Å². The van der Waals surface area contributed by atoms with Crippen molar-refractivity contribution in [2.75, 3.05) is 6.54 Å². The van der Waals surface area contributed by atoms with Gasteiger partial charge in [0.25, 0.3) is 0 Å². The molecule has 1 saturated carbocycles. The van der Waals surface area contributed by atoms with E-state index in [2.05, 4.69) is 0 Å². The van der Waals surface area contributed by atoms with E-state index in [-0.39, 0.29) is 5.41 Å². The van der Waals surface area contributed by atoms with Crippen molar-refractivity contribution >= 4 is 11.6 Å². The quantitative estimate of drug-likeness (QED) is 0.805. The molecule has 1 fully saturated rings. The number of hydrogen-bond donors (Lipinski definition) is 2. The molecule has 1 aliphatic carbocycles. The van der Waals surface area contributed by atoms with Crippen molar-refractivity contribution in [3.63, 3.8) is 0 Å². The van der Waals surface area contributed by atoms with E-state index in [1.807, 2.05) is 12.1 Å². The van der Waals surface area contributed by atoms with Crippen LogP contribution in [-0.4, -0.2) is 11.7 Å². The molecule has 76 valence electrons. The van der Waals surface area contributed by atoms with E-state index in [0.717, 1.165) is 18.4 Å². The lowest BCUT2D eigenvalue weighted by molar-refractivity contribution is 0.0975. The van der Waals surface area contributed by atoms with Gasteiger partial charge in [0, 0.05) is 17.0 Å². The zero-order valence-electron chi connectivity index (χ0n) is 7.91. The first-order valence-corrected chi connectivity index (χ1v) is 5.19. The third kappa shape index (κ3) is 1.65. The summed E-state index contributed by atoms with van der Waals surface area (Å²) in [5, 5.41) is 10.8. The molecular weight excluding hydrogens is 198 g/mol. The Bertz CT molecular complexity index is 319. The van der Waals surface area contributed by atoms with Crippen LogP contribution in [0.1, 0.15) is 24.5 Å². The van der Waals surface area contributed by atoms with Crippen molar-refractivity contribution in [1.82, 2.24) is 0 Å². The van der Waals surface area contributed by atoms with Gasteiger partial charge in [-0.3, -0.25) is 0 Å². The Morgan fingerprint density at radius 1 is 1.36 bits per heavy atom. The molecule has 1 atom stereocenters. The van der Waals surface area contributed by atoms with E-state index < -0.39 is 6.10 Å². The van der Waals surface area contributed by atoms with Crippen LogP contribution < -0.4 is 5.73 Å². The molecule has 14 heavy (non-hydrogen) atoms. The zero-order chi connectivity index (χ0) is 10.2. The molecule has 0 saturated heterocycles. The Kier molecular flexibility index (Phi) is 2.52. The SMILES string of the molecule is NCC1([C@H](O)c2ccc(Cl)cc2)CC1. The van der Waals surface area contributed by atoms with Gasteiger partial charge in [0.2, 0.25) is 0 Å². The molecule has 0 aromatic heterocycles. The van der Waals surface area contributed by atoms with Gasteiger partial charge in [0.1, 0.15) is 0 Å². The second-order valence-corrected chi connectivity index (χ2v) is 4.46. The van der Waals surface area contributed by atoms with Crippen molar-refractivity contribution in [2.24, 2.45) is 11.1 Å². The molecule has 3 N–H and O–H groups in total. The highest BCUT2D eigenvalue weighted by molar-refractivity contribution is 6.30. The molecule has 0 heterocycles. The fraction of sp³-hybridized carbons (Fsp3) is 0.455. The molecule has 0 spiro atoms. The first-order chi connectivity index (χ1) is 6.68. The summed E-state index contributed by atoms with van der Waals surface area (Å²) in [7, 11) is 0. The van der Waals surface area contributed by atoms with E-state index in [0.29, 0.717) is 11.6 Å². The number of aliphatic hydroxyl groups excluding tert-OH is 1. The molecule has 0 amide bonds. The first-order valence-electron chi connectivity index (χ1n) is 4.81. The van der Waals surface area contributed by atoms with Crippen molar-refractivity contribution in [2.45, 2.75) is 18.9 Å². The van der Waals surface area contributed by atoms with Crippen LogP contribution in [0.3, 0.4) is 0 Å². The van der Waals surface area contributed by atoms with Crippen LogP contribution in [-0.2, 0) is 0 Å². The minimum atomic E-state index is -0.440. The maximum absolute atomic E-state index is 10.1. The van der Waals surface area contributed by atoms with Gasteiger partial charge in [-0.2, -0.15) is 0 Å². The average molecular weight is 212 g/mol. The van der Waals surface area contributed by atoms with E-state index in [4.69, 9.17) is 17.3 Å². The molecule has 0 bridgehead atoms. The molecule has 3 heteroatoms. The maximum Gasteiger partial charge on any atom is 0.0858 e. The normalized spacial score (nSPS) is 20.5. The van der Waals surface area contributed by atoms with Gasteiger partial charge in [-0.25, -0.2) is 0 Å². The van der Waals surface area contributed by atoms with E-state index in [1.54, 1.807) is 12.1 Å². The summed E-state index contributed by atoms with van der Waals surface area (Å²) in [5.74, 6) is 0. The van der Waals surface area contributed by atoms with Gasteiger partial charge < -0.3 is 10.8 Å². The first kappa shape index (κ1) is 9.97. The Hall–Kier alpha value is -0.570. The second kappa shape index (κ2) is 3.54. The molecule has 0 aliphatic heterocycles. The highest BCUT2D eigenvalue weighted by Gasteiger charge is 2.48. The van der Waals surface area contributed by atoms with Gasteiger partial charge in [-0.05, 0) is 30.5 Å². The molecule has 0 unspecified atom stereocenters. The molecule has 1 aromatic rings. The number of nitrogens with two attached hydrogens (primary N) is 1. The maximum atomic E-state index is 10.1. The van der Waals surface area contributed by atoms with Crippen molar-refractivity contribution in [1.29, 1.82) is 0 Å². The van der Waals surface area contributed by atoms with Gasteiger partial charge in [-0.1, -0.05) is 23.7 Å². The third-order valence-electron chi connectivity index (χ3n) is 3.06. The Labute approximate surface area is 88.7 Å². The zero-order valence-corrected chi connectivity index (χ0v) is 8.67. The number of benzene rings is 1. The summed E-state index contributed by atoms with van der Waals surface area (Å²) in [6.45, 7) is 0.552. The lowest BCUT2D eigenvalue weighted by Crippen LogP contribution is -2.23. The van der Waals surface area contributed by atoms with Gasteiger partial charge >= 0.3 is 0 Å². The number of hydrogen-bond acceptors (Lipinski definition) is 2. The molecular formula is C11H14ClNO. The van der Waals surface area contributed by atoms with Crippen molar-refractivity contribution in [3.8, 4) is 0 Å². The lowest BCUT2D eigenvalue weighted by atomic mass is 9.93. The monoisotopic (exact) mass is 211 g/mol. The summed E-state index contributed by atoms with van der Waals surface area (Å²) < 4.78 is 0. The van der Waals surface area contributed by atoms with Gasteiger partial charge in [0.05, 0.1) is 6.10 Å². The van der Waals surface area contributed by atoms with Gasteiger partial charge in [-0.15, -0.1) is 0 Å². The second-order valence-electron chi connectivity index (χ2n) is 4.02. The summed E-state index contributed by atoms with van der Waals surface area (Å²) in [4.78, 5) is 0. The van der Waals surface area contributed by atoms with Crippen LogP contribution in [0.15, 0.2) is 24.3 Å². The summed E-state index contributed by atoms with van der Waals surface area (Å²) >= 11 is 5.77. The highest BCUT2D eigenvalue weighted by atomic mass is 35.5. The number of rotatable bonds is 3. The van der Waals surface area contributed by atoms with Crippen LogP contribution in [0.25, 0.3) is 0 Å². The van der Waals surface area contributed by atoms with Crippen molar-refractivity contribution < 1.29 is 5.11 Å². The Balaban J connectivity index is 2.19. The highest BCUT2D eigenvalue weighted by Crippen LogP contribution is 2.53. The molecule has 0 radical (unpaired) electrons. The van der Waals surface area contributed by atoms with Crippen LogP contribution in [0, 0.1) is 5.41 Å². The topological polar surface area (TPSA) is 46.2 Å². The Morgan fingerprint density at radius 2 is 1.93 bits per heavy atom. The minimum absolute atomic E-state index is 0.0617. The average Bonchev–Trinajstić information content (AvgIpc) is 2.99. The van der Waals surface area contributed by atoms with Crippen molar-refractivity contribution in [3.05, 3.63) is 34.9 Å². The van der Waals surface area contributed by atoms with E-state index in [9.17, 15) is 5.11 Å².